The average molecular weight is 416 g/mol. The van der Waals surface area contributed by atoms with Crippen LogP contribution < -0.4 is 5.73 Å². The normalized spacial score (nSPS) is 11.4. The summed E-state index contributed by atoms with van der Waals surface area (Å²) in [6, 6.07) is 27.0. The fourth-order valence-corrected chi connectivity index (χ4v) is 4.20. The summed E-state index contributed by atoms with van der Waals surface area (Å²) in [7, 11) is 0. The first-order chi connectivity index (χ1) is 15.8. The van der Waals surface area contributed by atoms with E-state index in [4.69, 9.17) is 10.7 Å². The molecule has 0 saturated heterocycles. The molecule has 0 bridgehead atoms. The lowest BCUT2D eigenvalue weighted by Crippen LogP contribution is -2.02. The number of rotatable bonds is 4. The number of nitrogens with zero attached hydrogens (tertiary/aromatic N) is 5. The van der Waals surface area contributed by atoms with Crippen LogP contribution in [0, 0.1) is 0 Å². The Labute approximate surface area is 184 Å². The molecule has 154 valence electrons. The summed E-state index contributed by atoms with van der Waals surface area (Å²) >= 11 is 0. The van der Waals surface area contributed by atoms with Crippen LogP contribution in [0.4, 0.5) is 5.82 Å². The topological polar surface area (TPSA) is 74.0 Å². The Morgan fingerprint density at radius 1 is 0.812 bits per heavy atom. The lowest BCUT2D eigenvalue weighted by Gasteiger charge is -2.10. The third-order valence-electron chi connectivity index (χ3n) is 5.71. The molecule has 0 aliphatic rings. The Morgan fingerprint density at radius 2 is 1.59 bits per heavy atom. The molecule has 0 fully saturated rings. The highest BCUT2D eigenvalue weighted by Crippen LogP contribution is 2.31. The lowest BCUT2D eigenvalue weighted by atomic mass is 10.1. The molecule has 3 heterocycles. The first-order valence-corrected chi connectivity index (χ1v) is 10.4. The summed E-state index contributed by atoms with van der Waals surface area (Å²) in [5.74, 6) is 1.40. The van der Waals surface area contributed by atoms with E-state index in [1.54, 1.807) is 12.5 Å². The summed E-state index contributed by atoms with van der Waals surface area (Å²) in [4.78, 5) is 13.9. The van der Waals surface area contributed by atoms with Gasteiger partial charge in [0.2, 0.25) is 0 Å². The standard InChI is InChI=1S/C26H20N6/c27-25-24-23(29-17-31(24)14-13-28-25)20-11-12-22-21(15-20)30-26(19-9-5-2-6-10-19)32(22)16-18-7-3-1-4-8-18/h1-15,17H,16H2,(H2,27,28). The van der Waals surface area contributed by atoms with E-state index in [1.165, 1.54) is 5.56 Å². The van der Waals surface area contributed by atoms with Crippen molar-refractivity contribution in [3.05, 3.63) is 103 Å². The van der Waals surface area contributed by atoms with Crippen LogP contribution in [-0.4, -0.2) is 23.9 Å². The Hall–Kier alpha value is -4.45. The summed E-state index contributed by atoms with van der Waals surface area (Å²) in [6.45, 7) is 0.741. The number of hydrogen-bond acceptors (Lipinski definition) is 4. The molecular formula is C26H20N6. The zero-order valence-corrected chi connectivity index (χ0v) is 17.3. The molecule has 2 N–H and O–H groups in total. The van der Waals surface area contributed by atoms with E-state index in [9.17, 15) is 0 Å². The number of nitrogen functional groups attached to an aromatic ring is 1. The van der Waals surface area contributed by atoms with E-state index in [-0.39, 0.29) is 0 Å². The van der Waals surface area contributed by atoms with Gasteiger partial charge in [0, 0.05) is 30.1 Å². The van der Waals surface area contributed by atoms with E-state index in [0.29, 0.717) is 5.82 Å². The number of nitrogens with two attached hydrogens (primary N) is 1. The Kier molecular flexibility index (Phi) is 4.21. The van der Waals surface area contributed by atoms with Crippen LogP contribution >= 0.6 is 0 Å². The Balaban J connectivity index is 1.54. The van der Waals surface area contributed by atoms with Gasteiger partial charge in [-0.25, -0.2) is 15.0 Å². The van der Waals surface area contributed by atoms with Crippen LogP contribution in [0.15, 0.2) is 97.6 Å². The minimum atomic E-state index is 0.458. The molecule has 6 heteroatoms. The number of benzene rings is 3. The van der Waals surface area contributed by atoms with Crippen LogP contribution in [0.5, 0.6) is 0 Å². The molecule has 0 atom stereocenters. The third-order valence-corrected chi connectivity index (χ3v) is 5.71. The molecule has 0 spiro atoms. The fourth-order valence-electron chi connectivity index (χ4n) is 4.20. The van der Waals surface area contributed by atoms with E-state index in [0.717, 1.165) is 45.7 Å². The molecule has 3 aromatic carbocycles. The number of imidazole rings is 2. The quantitative estimate of drug-likeness (QED) is 0.437. The largest absolute Gasteiger partial charge is 0.382 e. The predicted octanol–water partition coefficient (Wildman–Crippen LogP) is 5.04. The van der Waals surface area contributed by atoms with Crippen molar-refractivity contribution < 1.29 is 0 Å². The minimum Gasteiger partial charge on any atom is -0.382 e. The van der Waals surface area contributed by atoms with Gasteiger partial charge < -0.3 is 14.7 Å². The van der Waals surface area contributed by atoms with Gasteiger partial charge in [0.15, 0.2) is 0 Å². The van der Waals surface area contributed by atoms with E-state index >= 15 is 0 Å². The van der Waals surface area contributed by atoms with Crippen LogP contribution in [0.3, 0.4) is 0 Å². The van der Waals surface area contributed by atoms with Gasteiger partial charge in [-0.15, -0.1) is 0 Å². The molecule has 6 aromatic rings. The third kappa shape index (κ3) is 3.01. The maximum Gasteiger partial charge on any atom is 0.150 e. The van der Waals surface area contributed by atoms with Gasteiger partial charge in [-0.05, 0) is 17.7 Å². The monoisotopic (exact) mass is 416 g/mol. The van der Waals surface area contributed by atoms with E-state index in [2.05, 4.69) is 69.1 Å². The Bertz CT molecular complexity index is 1550. The van der Waals surface area contributed by atoms with Crippen LogP contribution in [0.25, 0.3) is 39.2 Å². The van der Waals surface area contributed by atoms with Crippen molar-refractivity contribution >= 4 is 22.4 Å². The van der Waals surface area contributed by atoms with Gasteiger partial charge in [0.1, 0.15) is 23.5 Å². The number of hydrogen-bond donors (Lipinski definition) is 1. The summed E-state index contributed by atoms with van der Waals surface area (Å²) in [6.07, 6.45) is 5.29. The second kappa shape index (κ2) is 7.35. The zero-order chi connectivity index (χ0) is 21.5. The number of anilines is 1. The molecule has 0 amide bonds. The molecule has 32 heavy (non-hydrogen) atoms. The minimum absolute atomic E-state index is 0.458. The van der Waals surface area contributed by atoms with Gasteiger partial charge in [0.05, 0.1) is 16.7 Å². The highest BCUT2D eigenvalue weighted by atomic mass is 15.1. The smallest absolute Gasteiger partial charge is 0.150 e. The molecule has 0 aliphatic carbocycles. The van der Waals surface area contributed by atoms with Crippen LogP contribution in [0.2, 0.25) is 0 Å². The van der Waals surface area contributed by atoms with E-state index in [1.807, 2.05) is 34.9 Å². The second-order valence-corrected chi connectivity index (χ2v) is 7.74. The molecule has 6 nitrogen and oxygen atoms in total. The van der Waals surface area contributed by atoms with Gasteiger partial charge in [0.25, 0.3) is 0 Å². The van der Waals surface area contributed by atoms with Crippen molar-refractivity contribution in [1.29, 1.82) is 0 Å². The van der Waals surface area contributed by atoms with Crippen molar-refractivity contribution in [3.8, 4) is 22.6 Å². The second-order valence-electron chi connectivity index (χ2n) is 7.74. The molecule has 0 unspecified atom stereocenters. The molecule has 6 rings (SSSR count). The number of fused-ring (bicyclic) bond motifs is 2. The fraction of sp³-hybridized carbons (Fsp3) is 0.0385. The Morgan fingerprint density at radius 3 is 2.41 bits per heavy atom. The van der Waals surface area contributed by atoms with Crippen molar-refractivity contribution in [3.63, 3.8) is 0 Å². The maximum absolute atomic E-state index is 6.15. The SMILES string of the molecule is Nc1nccn2cnc(-c3ccc4c(c3)nc(-c3ccccc3)n4Cc3ccccc3)c12. The summed E-state index contributed by atoms with van der Waals surface area (Å²) in [5.41, 5.74) is 13.0. The number of aromatic nitrogens is 5. The molecule has 3 aromatic heterocycles. The average Bonchev–Trinajstić information content (AvgIpc) is 3.43. The van der Waals surface area contributed by atoms with Crippen molar-refractivity contribution in [1.82, 2.24) is 23.9 Å². The maximum atomic E-state index is 6.15. The van der Waals surface area contributed by atoms with Crippen molar-refractivity contribution in [2.45, 2.75) is 6.54 Å². The molecule has 0 radical (unpaired) electrons. The zero-order valence-electron chi connectivity index (χ0n) is 17.3. The van der Waals surface area contributed by atoms with Gasteiger partial charge >= 0.3 is 0 Å². The lowest BCUT2D eigenvalue weighted by molar-refractivity contribution is 0.834. The molecule has 0 aliphatic heterocycles. The highest BCUT2D eigenvalue weighted by Gasteiger charge is 2.16. The van der Waals surface area contributed by atoms with Crippen LogP contribution in [-0.2, 0) is 6.54 Å². The summed E-state index contributed by atoms with van der Waals surface area (Å²) in [5, 5.41) is 0. The van der Waals surface area contributed by atoms with Crippen LogP contribution in [0.1, 0.15) is 5.56 Å². The van der Waals surface area contributed by atoms with Gasteiger partial charge in [-0.3, -0.25) is 0 Å². The first-order valence-electron chi connectivity index (χ1n) is 10.4. The van der Waals surface area contributed by atoms with Gasteiger partial charge in [-0.1, -0.05) is 66.7 Å². The molecular weight excluding hydrogens is 396 g/mol. The highest BCUT2D eigenvalue weighted by molar-refractivity contribution is 5.90. The van der Waals surface area contributed by atoms with Crippen molar-refractivity contribution in [2.24, 2.45) is 0 Å². The van der Waals surface area contributed by atoms with Crippen molar-refractivity contribution in [2.75, 3.05) is 5.73 Å². The molecule has 0 saturated carbocycles. The first kappa shape index (κ1) is 18.3. The van der Waals surface area contributed by atoms with E-state index < -0.39 is 0 Å². The predicted molar refractivity (Wildman–Crippen MR) is 127 cm³/mol. The summed E-state index contributed by atoms with van der Waals surface area (Å²) < 4.78 is 4.16. The van der Waals surface area contributed by atoms with Gasteiger partial charge in [-0.2, -0.15) is 0 Å².